The molecule has 0 saturated heterocycles. The van der Waals surface area contributed by atoms with E-state index in [-0.39, 0.29) is 11.9 Å². The molecule has 1 atom stereocenters. The molecular formula is C18H37NO2. The Kier molecular flexibility index (Phi) is 15.4. The molecule has 0 aromatic rings. The van der Waals surface area contributed by atoms with E-state index in [4.69, 9.17) is 10.5 Å². The van der Waals surface area contributed by atoms with Gasteiger partial charge >= 0.3 is 5.97 Å². The van der Waals surface area contributed by atoms with E-state index in [1.807, 2.05) is 0 Å². The number of hydrogen-bond acceptors (Lipinski definition) is 3. The number of esters is 1. The highest BCUT2D eigenvalue weighted by Crippen LogP contribution is 2.17. The quantitative estimate of drug-likeness (QED) is 0.348. The van der Waals surface area contributed by atoms with Gasteiger partial charge in [-0.2, -0.15) is 0 Å². The lowest BCUT2D eigenvalue weighted by Crippen LogP contribution is -2.18. The molecule has 0 bridgehead atoms. The van der Waals surface area contributed by atoms with Crippen LogP contribution in [-0.2, 0) is 9.53 Å². The fraction of sp³-hybridized carbons (Fsp3) is 0.944. The lowest BCUT2D eigenvalue weighted by molar-refractivity contribution is -0.149. The van der Waals surface area contributed by atoms with Gasteiger partial charge in [0.15, 0.2) is 0 Å². The van der Waals surface area contributed by atoms with Crippen LogP contribution in [0.5, 0.6) is 0 Å². The molecule has 0 rings (SSSR count). The highest BCUT2D eigenvalue weighted by Gasteiger charge is 2.18. The Labute approximate surface area is 132 Å². The number of unbranched alkanes of at least 4 members (excludes halogenated alkanes) is 7. The molecule has 0 heterocycles. The van der Waals surface area contributed by atoms with Crippen LogP contribution >= 0.6 is 0 Å². The molecule has 0 radical (unpaired) electrons. The monoisotopic (exact) mass is 299 g/mol. The summed E-state index contributed by atoms with van der Waals surface area (Å²) >= 11 is 0. The Morgan fingerprint density at radius 1 is 0.857 bits per heavy atom. The SMILES string of the molecule is CCCCCC(CCC)C(=O)OCCCCCCCCN. The maximum atomic E-state index is 12.1. The summed E-state index contributed by atoms with van der Waals surface area (Å²) in [5, 5.41) is 0. The van der Waals surface area contributed by atoms with Crippen LogP contribution in [0, 0.1) is 5.92 Å². The molecule has 0 saturated carbocycles. The Balaban J connectivity index is 3.62. The first-order valence-electron chi connectivity index (χ1n) is 9.12. The molecule has 0 spiro atoms. The minimum atomic E-state index is 0.0380. The Morgan fingerprint density at radius 3 is 2.14 bits per heavy atom. The summed E-state index contributed by atoms with van der Waals surface area (Å²) in [6.07, 6.45) is 13.6. The van der Waals surface area contributed by atoms with E-state index in [9.17, 15) is 4.79 Å². The average molecular weight is 299 g/mol. The first-order valence-corrected chi connectivity index (χ1v) is 9.12. The normalized spacial score (nSPS) is 12.3. The third-order valence-corrected chi connectivity index (χ3v) is 3.97. The van der Waals surface area contributed by atoms with Crippen molar-refractivity contribution in [3.63, 3.8) is 0 Å². The van der Waals surface area contributed by atoms with Crippen LogP contribution < -0.4 is 5.73 Å². The van der Waals surface area contributed by atoms with Crippen molar-refractivity contribution in [2.75, 3.05) is 13.2 Å². The topological polar surface area (TPSA) is 52.3 Å². The predicted octanol–water partition coefficient (Wildman–Crippen LogP) is 4.83. The summed E-state index contributed by atoms with van der Waals surface area (Å²) in [7, 11) is 0. The molecule has 0 aliphatic rings. The van der Waals surface area contributed by atoms with E-state index in [0.717, 1.165) is 51.5 Å². The zero-order chi connectivity index (χ0) is 15.8. The first kappa shape index (κ1) is 20.4. The number of hydrogen-bond donors (Lipinski definition) is 1. The van der Waals surface area contributed by atoms with E-state index in [2.05, 4.69) is 13.8 Å². The van der Waals surface area contributed by atoms with Gasteiger partial charge in [0.2, 0.25) is 0 Å². The largest absolute Gasteiger partial charge is 0.465 e. The number of ether oxygens (including phenoxy) is 1. The van der Waals surface area contributed by atoms with Gasteiger partial charge in [0.1, 0.15) is 0 Å². The van der Waals surface area contributed by atoms with Crippen LogP contribution in [0.1, 0.15) is 90.9 Å². The Hall–Kier alpha value is -0.570. The minimum absolute atomic E-state index is 0.0380. The second kappa shape index (κ2) is 15.8. The molecule has 0 aromatic carbocycles. The Bertz CT molecular complexity index is 231. The minimum Gasteiger partial charge on any atom is -0.465 e. The second-order valence-corrected chi connectivity index (χ2v) is 6.06. The van der Waals surface area contributed by atoms with Gasteiger partial charge < -0.3 is 10.5 Å². The van der Waals surface area contributed by atoms with Crippen LogP contribution in [0.4, 0.5) is 0 Å². The summed E-state index contributed by atoms with van der Waals surface area (Å²) < 4.78 is 5.46. The molecular weight excluding hydrogens is 262 g/mol. The standard InChI is InChI=1S/C18H37NO2/c1-3-5-10-14-17(13-4-2)18(20)21-16-12-9-7-6-8-11-15-19/h17H,3-16,19H2,1-2H3. The molecule has 0 aromatic heterocycles. The lowest BCUT2D eigenvalue weighted by atomic mass is 9.97. The van der Waals surface area contributed by atoms with Crippen molar-refractivity contribution >= 4 is 5.97 Å². The van der Waals surface area contributed by atoms with Gasteiger partial charge in [-0.05, 0) is 32.2 Å². The van der Waals surface area contributed by atoms with E-state index >= 15 is 0 Å². The summed E-state index contributed by atoms with van der Waals surface area (Å²) in [6.45, 7) is 5.74. The molecule has 21 heavy (non-hydrogen) atoms. The summed E-state index contributed by atoms with van der Waals surface area (Å²) in [6, 6.07) is 0. The first-order chi connectivity index (χ1) is 10.3. The number of carbonyl (C=O) groups excluding carboxylic acids is 1. The molecule has 0 aliphatic carbocycles. The summed E-state index contributed by atoms with van der Waals surface area (Å²) in [5.74, 6) is 0.169. The predicted molar refractivity (Wildman–Crippen MR) is 90.3 cm³/mol. The van der Waals surface area contributed by atoms with Crippen molar-refractivity contribution in [2.45, 2.75) is 90.9 Å². The maximum absolute atomic E-state index is 12.1. The molecule has 2 N–H and O–H groups in total. The van der Waals surface area contributed by atoms with Crippen molar-refractivity contribution in [1.82, 2.24) is 0 Å². The van der Waals surface area contributed by atoms with Crippen molar-refractivity contribution in [2.24, 2.45) is 11.7 Å². The van der Waals surface area contributed by atoms with Crippen molar-refractivity contribution in [3.8, 4) is 0 Å². The van der Waals surface area contributed by atoms with Crippen LogP contribution in [-0.4, -0.2) is 19.1 Å². The number of carbonyl (C=O) groups is 1. The number of rotatable bonds is 15. The van der Waals surface area contributed by atoms with Gasteiger partial charge in [-0.15, -0.1) is 0 Å². The third kappa shape index (κ3) is 12.9. The van der Waals surface area contributed by atoms with Crippen LogP contribution in [0.3, 0.4) is 0 Å². The highest BCUT2D eigenvalue weighted by atomic mass is 16.5. The van der Waals surface area contributed by atoms with Crippen LogP contribution in [0.15, 0.2) is 0 Å². The smallest absolute Gasteiger partial charge is 0.308 e. The van der Waals surface area contributed by atoms with Gasteiger partial charge in [-0.1, -0.05) is 65.2 Å². The second-order valence-electron chi connectivity index (χ2n) is 6.06. The maximum Gasteiger partial charge on any atom is 0.308 e. The van der Waals surface area contributed by atoms with Crippen LogP contribution in [0.25, 0.3) is 0 Å². The number of nitrogens with two attached hydrogens (primary N) is 1. The molecule has 0 fully saturated rings. The summed E-state index contributed by atoms with van der Waals surface area (Å²) in [5.41, 5.74) is 5.46. The summed E-state index contributed by atoms with van der Waals surface area (Å²) in [4.78, 5) is 12.1. The fourth-order valence-electron chi connectivity index (χ4n) is 2.61. The fourth-order valence-corrected chi connectivity index (χ4v) is 2.61. The van der Waals surface area contributed by atoms with E-state index in [1.165, 1.54) is 32.1 Å². The van der Waals surface area contributed by atoms with Crippen molar-refractivity contribution < 1.29 is 9.53 Å². The van der Waals surface area contributed by atoms with E-state index in [1.54, 1.807) is 0 Å². The Morgan fingerprint density at radius 2 is 1.52 bits per heavy atom. The van der Waals surface area contributed by atoms with Crippen LogP contribution in [0.2, 0.25) is 0 Å². The third-order valence-electron chi connectivity index (χ3n) is 3.97. The zero-order valence-electron chi connectivity index (χ0n) is 14.4. The van der Waals surface area contributed by atoms with Gasteiger partial charge in [-0.3, -0.25) is 4.79 Å². The molecule has 3 nitrogen and oxygen atoms in total. The average Bonchev–Trinajstić information content (AvgIpc) is 2.49. The van der Waals surface area contributed by atoms with Crippen molar-refractivity contribution in [1.29, 1.82) is 0 Å². The van der Waals surface area contributed by atoms with Gasteiger partial charge in [0, 0.05) is 0 Å². The van der Waals surface area contributed by atoms with Gasteiger partial charge in [-0.25, -0.2) is 0 Å². The molecule has 3 heteroatoms. The zero-order valence-corrected chi connectivity index (χ0v) is 14.4. The molecule has 126 valence electrons. The molecule has 1 unspecified atom stereocenters. The van der Waals surface area contributed by atoms with Gasteiger partial charge in [0.25, 0.3) is 0 Å². The van der Waals surface area contributed by atoms with E-state index < -0.39 is 0 Å². The van der Waals surface area contributed by atoms with Gasteiger partial charge in [0.05, 0.1) is 12.5 Å². The molecule has 0 aliphatic heterocycles. The van der Waals surface area contributed by atoms with E-state index in [0.29, 0.717) is 6.61 Å². The lowest BCUT2D eigenvalue weighted by Gasteiger charge is -2.15. The highest BCUT2D eigenvalue weighted by molar-refractivity contribution is 5.72. The van der Waals surface area contributed by atoms with Crippen molar-refractivity contribution in [3.05, 3.63) is 0 Å². The molecule has 0 amide bonds.